The van der Waals surface area contributed by atoms with Gasteiger partial charge in [-0.25, -0.2) is 8.42 Å². The molecule has 0 spiro atoms. The van der Waals surface area contributed by atoms with Crippen molar-refractivity contribution >= 4 is 62.0 Å². The van der Waals surface area contributed by atoms with Crippen LogP contribution in [0.1, 0.15) is 0 Å². The first kappa shape index (κ1) is 16.3. The highest BCUT2D eigenvalue weighted by Crippen LogP contribution is 2.32. The fraction of sp³-hybridized carbons (Fsp3) is 0.167. The van der Waals surface area contributed by atoms with Gasteiger partial charge in [0.15, 0.2) is 9.84 Å². The lowest BCUT2D eigenvalue weighted by molar-refractivity contribution is -0.134. The fourth-order valence-corrected chi connectivity index (χ4v) is 3.68. The predicted octanol–water partition coefficient (Wildman–Crippen LogP) is 2.51. The number of Topliss-reactive ketones (excluding diaryl/α,β-unsaturated/α-hetero) is 1. The minimum atomic E-state index is -3.65. The van der Waals surface area contributed by atoms with Crippen LogP contribution in [0.3, 0.4) is 0 Å². The molecule has 1 aromatic rings. The minimum absolute atomic E-state index is 0.0730. The van der Waals surface area contributed by atoms with Crippen LogP contribution in [0.15, 0.2) is 24.3 Å². The van der Waals surface area contributed by atoms with Crippen molar-refractivity contribution < 1.29 is 18.0 Å². The molecule has 0 bridgehead atoms. The van der Waals surface area contributed by atoms with Crippen molar-refractivity contribution in [2.24, 2.45) is 0 Å². The molecule has 1 amide bonds. The number of ketones is 1. The van der Waals surface area contributed by atoms with E-state index in [1.54, 1.807) is 0 Å². The van der Waals surface area contributed by atoms with Gasteiger partial charge in [-0.05, 0) is 12.1 Å². The molecule has 0 saturated carbocycles. The molecule has 2 rings (SSSR count). The number of carbonyl (C=O) groups excluding carboxylic acids is 2. The van der Waals surface area contributed by atoms with E-state index in [1.165, 1.54) is 24.3 Å². The highest BCUT2D eigenvalue weighted by Gasteiger charge is 2.36. The summed E-state index contributed by atoms with van der Waals surface area (Å²) in [6.07, 6.45) is 2.52. The van der Waals surface area contributed by atoms with Gasteiger partial charge in [0.05, 0.1) is 26.5 Å². The highest BCUT2D eigenvalue weighted by molar-refractivity contribution is 7.93. The van der Waals surface area contributed by atoms with Crippen molar-refractivity contribution in [2.75, 3.05) is 11.1 Å². The zero-order valence-electron chi connectivity index (χ0n) is 10.3. The predicted molar refractivity (Wildman–Crippen MR) is 81.8 cm³/mol. The first-order valence-electron chi connectivity index (χ1n) is 5.60. The molecule has 1 aliphatic rings. The van der Waals surface area contributed by atoms with E-state index in [4.69, 9.17) is 34.8 Å². The summed E-state index contributed by atoms with van der Waals surface area (Å²) in [5.41, 5.74) is 0.0730. The van der Waals surface area contributed by atoms with Gasteiger partial charge in [0.1, 0.15) is 5.25 Å². The van der Waals surface area contributed by atoms with Gasteiger partial charge in [-0.15, -0.1) is 0 Å². The summed E-state index contributed by atoms with van der Waals surface area (Å²) < 4.78 is 23.2. The smallest absolute Gasteiger partial charge is 0.293 e. The molecule has 1 aliphatic heterocycles. The van der Waals surface area contributed by atoms with Crippen LogP contribution in [0.2, 0.25) is 15.1 Å². The molecule has 1 aromatic carbocycles. The first-order valence-corrected chi connectivity index (χ1v) is 8.45. The number of carbonyl (C=O) groups is 2. The Morgan fingerprint density at radius 3 is 2.29 bits per heavy atom. The van der Waals surface area contributed by atoms with E-state index < -0.39 is 26.8 Å². The number of nitrogens with one attached hydrogen (secondary N) is 1. The molecule has 1 N–H and O–H groups in total. The van der Waals surface area contributed by atoms with E-state index in [2.05, 4.69) is 5.32 Å². The molecule has 0 aliphatic carbocycles. The average molecular weight is 369 g/mol. The molecular weight excluding hydrogens is 361 g/mol. The Balaban J connectivity index is 2.21. The van der Waals surface area contributed by atoms with E-state index >= 15 is 0 Å². The Bertz CT molecular complexity index is 758. The summed E-state index contributed by atoms with van der Waals surface area (Å²) in [5.74, 6) is -2.43. The summed E-state index contributed by atoms with van der Waals surface area (Å²) in [7, 11) is -3.65. The lowest BCUT2D eigenvalue weighted by Crippen LogP contribution is -2.36. The molecular formula is C12H8Cl3NO4S. The molecule has 112 valence electrons. The topological polar surface area (TPSA) is 80.3 Å². The second kappa shape index (κ2) is 5.96. The van der Waals surface area contributed by atoms with Crippen LogP contribution in [-0.4, -0.2) is 31.1 Å². The summed E-state index contributed by atoms with van der Waals surface area (Å²) >= 11 is 17.4. The molecule has 9 heteroatoms. The standard InChI is InChI=1S/C12H8Cl3NO4S/c13-6-4-8(15)9(5-7(6)14)16-12(18)11(17)10-2-1-3-21(10,19)20/h1-2,4-5,10H,3H2,(H,16,18)/t10-/m0/s1. The van der Waals surface area contributed by atoms with Crippen LogP contribution in [0, 0.1) is 0 Å². The summed E-state index contributed by atoms with van der Waals surface area (Å²) in [5, 5.41) is 1.17. The number of hydrogen-bond acceptors (Lipinski definition) is 4. The monoisotopic (exact) mass is 367 g/mol. The van der Waals surface area contributed by atoms with Crippen LogP contribution in [0.25, 0.3) is 0 Å². The van der Waals surface area contributed by atoms with Gasteiger partial charge in [-0.1, -0.05) is 47.0 Å². The summed E-state index contributed by atoms with van der Waals surface area (Å²) in [6.45, 7) is 0. The van der Waals surface area contributed by atoms with Crippen LogP contribution < -0.4 is 5.32 Å². The van der Waals surface area contributed by atoms with E-state index in [0.717, 1.165) is 0 Å². The Hall–Kier alpha value is -1.08. The Labute approximate surface area is 135 Å². The molecule has 0 fully saturated rings. The zero-order valence-corrected chi connectivity index (χ0v) is 13.4. The molecule has 0 saturated heterocycles. The molecule has 0 unspecified atom stereocenters. The summed E-state index contributed by atoms with van der Waals surface area (Å²) in [4.78, 5) is 23.7. The second-order valence-corrected chi connectivity index (χ2v) is 7.63. The average Bonchev–Trinajstić information content (AvgIpc) is 2.74. The number of benzene rings is 1. The lowest BCUT2D eigenvalue weighted by Gasteiger charge is -2.10. The molecule has 1 atom stereocenters. The van der Waals surface area contributed by atoms with E-state index in [0.29, 0.717) is 0 Å². The third-order valence-electron chi connectivity index (χ3n) is 2.77. The summed E-state index contributed by atoms with van der Waals surface area (Å²) in [6, 6.07) is 2.58. The SMILES string of the molecule is O=C(Nc1cc(Cl)c(Cl)cc1Cl)C(=O)[C@@H]1C=CCS1(=O)=O. The van der Waals surface area contributed by atoms with Crippen molar-refractivity contribution in [1.29, 1.82) is 0 Å². The molecule has 0 aromatic heterocycles. The van der Waals surface area contributed by atoms with Crippen molar-refractivity contribution in [3.8, 4) is 0 Å². The quantitative estimate of drug-likeness (QED) is 0.505. The maximum atomic E-state index is 11.9. The van der Waals surface area contributed by atoms with Crippen molar-refractivity contribution in [1.82, 2.24) is 0 Å². The third kappa shape index (κ3) is 3.40. The van der Waals surface area contributed by atoms with Gasteiger partial charge < -0.3 is 5.32 Å². The van der Waals surface area contributed by atoms with Crippen LogP contribution in [0.4, 0.5) is 5.69 Å². The maximum Gasteiger partial charge on any atom is 0.293 e. The van der Waals surface area contributed by atoms with Crippen LogP contribution >= 0.6 is 34.8 Å². The Morgan fingerprint density at radius 1 is 1.10 bits per heavy atom. The number of amides is 1. The van der Waals surface area contributed by atoms with Gasteiger partial charge in [0.2, 0.25) is 5.78 Å². The number of halogens is 3. The highest BCUT2D eigenvalue weighted by atomic mass is 35.5. The fourth-order valence-electron chi connectivity index (χ4n) is 1.72. The van der Waals surface area contributed by atoms with E-state index in [-0.39, 0.29) is 26.5 Å². The van der Waals surface area contributed by atoms with Gasteiger partial charge >= 0.3 is 0 Å². The number of rotatable bonds is 3. The molecule has 0 radical (unpaired) electrons. The van der Waals surface area contributed by atoms with E-state index in [9.17, 15) is 18.0 Å². The minimum Gasteiger partial charge on any atom is -0.318 e. The molecule has 5 nitrogen and oxygen atoms in total. The third-order valence-corrected chi connectivity index (χ3v) is 5.60. The van der Waals surface area contributed by atoms with Crippen molar-refractivity contribution in [3.63, 3.8) is 0 Å². The van der Waals surface area contributed by atoms with Gasteiger partial charge in [0, 0.05) is 0 Å². The normalized spacial score (nSPS) is 19.5. The largest absolute Gasteiger partial charge is 0.318 e. The maximum absolute atomic E-state index is 11.9. The van der Waals surface area contributed by atoms with Crippen molar-refractivity contribution in [3.05, 3.63) is 39.4 Å². The van der Waals surface area contributed by atoms with E-state index in [1.807, 2.05) is 0 Å². The number of sulfone groups is 1. The first-order chi connectivity index (χ1) is 9.72. The number of anilines is 1. The molecule has 21 heavy (non-hydrogen) atoms. The molecule has 1 heterocycles. The number of hydrogen-bond donors (Lipinski definition) is 1. The van der Waals surface area contributed by atoms with Crippen LogP contribution in [0.5, 0.6) is 0 Å². The second-order valence-electron chi connectivity index (χ2n) is 4.24. The lowest BCUT2D eigenvalue weighted by atomic mass is 10.2. The van der Waals surface area contributed by atoms with Gasteiger partial charge in [-0.2, -0.15) is 0 Å². The van der Waals surface area contributed by atoms with Crippen molar-refractivity contribution in [2.45, 2.75) is 5.25 Å². The van der Waals surface area contributed by atoms with Crippen LogP contribution in [-0.2, 0) is 19.4 Å². The Morgan fingerprint density at radius 2 is 1.71 bits per heavy atom. The Kier molecular flexibility index (Phi) is 4.63. The zero-order chi connectivity index (χ0) is 15.8. The van der Waals surface area contributed by atoms with Gasteiger partial charge in [0.25, 0.3) is 5.91 Å². The van der Waals surface area contributed by atoms with Gasteiger partial charge in [-0.3, -0.25) is 9.59 Å².